The maximum atomic E-state index is 12.8. The van der Waals surface area contributed by atoms with Gasteiger partial charge in [0.25, 0.3) is 0 Å². The lowest BCUT2D eigenvalue weighted by atomic mass is 10.0. The van der Waals surface area contributed by atoms with Crippen molar-refractivity contribution in [3.05, 3.63) is 24.3 Å². The van der Waals surface area contributed by atoms with E-state index in [2.05, 4.69) is 45.1 Å². The van der Waals surface area contributed by atoms with Gasteiger partial charge in [-0.2, -0.15) is 0 Å². The van der Waals surface area contributed by atoms with Gasteiger partial charge in [0.2, 0.25) is 0 Å². The Morgan fingerprint density at radius 2 is 0.543 bits per heavy atom. The molecule has 70 heavy (non-hydrogen) atoms. The van der Waals surface area contributed by atoms with Gasteiger partial charge >= 0.3 is 17.9 Å². The Kier molecular flexibility index (Phi) is 57.7. The summed E-state index contributed by atoms with van der Waals surface area (Å²) >= 11 is 0. The number of hydrogen-bond donors (Lipinski definition) is 0. The molecule has 0 saturated heterocycles. The number of esters is 3. The summed E-state index contributed by atoms with van der Waals surface area (Å²) in [4.78, 5) is 38.2. The molecule has 0 aromatic rings. The minimum absolute atomic E-state index is 0.0714. The Balaban J connectivity index is 4.16. The zero-order valence-corrected chi connectivity index (χ0v) is 47.3. The summed E-state index contributed by atoms with van der Waals surface area (Å²) in [6.07, 6.45) is 70.5. The summed E-state index contributed by atoms with van der Waals surface area (Å²) in [6.45, 7) is 6.62. The molecule has 0 N–H and O–H groups in total. The highest BCUT2D eigenvalue weighted by Crippen LogP contribution is 2.18. The average Bonchev–Trinajstić information content (AvgIpc) is 3.36. The number of carbonyl (C=O) groups excluding carboxylic acids is 3. The molecule has 6 nitrogen and oxygen atoms in total. The zero-order chi connectivity index (χ0) is 50.7. The maximum absolute atomic E-state index is 12.8. The van der Waals surface area contributed by atoms with Crippen LogP contribution < -0.4 is 0 Å². The third kappa shape index (κ3) is 56.8. The average molecular weight is 986 g/mol. The van der Waals surface area contributed by atoms with Gasteiger partial charge in [-0.05, 0) is 44.9 Å². The van der Waals surface area contributed by atoms with Crippen LogP contribution in [0.1, 0.15) is 348 Å². The molecule has 0 aliphatic rings. The molecular weight excluding hydrogens is 865 g/mol. The maximum Gasteiger partial charge on any atom is 0.306 e. The Hall–Kier alpha value is -2.11. The third-order valence-corrected chi connectivity index (χ3v) is 14.2. The molecular formula is C64H120O6. The molecule has 0 heterocycles. The first kappa shape index (κ1) is 67.9. The van der Waals surface area contributed by atoms with Gasteiger partial charge in [-0.3, -0.25) is 14.4 Å². The lowest BCUT2D eigenvalue weighted by Crippen LogP contribution is -2.30. The van der Waals surface area contributed by atoms with Crippen LogP contribution in [-0.4, -0.2) is 37.2 Å². The SMILES string of the molecule is CCC/C=C\C/C=C\CCCCCCCC(=O)OC(COC(=O)CCCCCCCCCCCCCCC)COC(=O)CCCCCCCCCCCCCCCCCCCCCCCCCCCC. The number of allylic oxidation sites excluding steroid dienone is 4. The van der Waals surface area contributed by atoms with Crippen LogP contribution in [0.15, 0.2) is 24.3 Å². The van der Waals surface area contributed by atoms with Crippen LogP contribution in [0, 0.1) is 0 Å². The molecule has 0 aromatic heterocycles. The molecule has 0 radical (unpaired) electrons. The van der Waals surface area contributed by atoms with E-state index in [0.29, 0.717) is 19.3 Å². The van der Waals surface area contributed by atoms with E-state index in [4.69, 9.17) is 14.2 Å². The molecule has 0 aromatic carbocycles. The van der Waals surface area contributed by atoms with Crippen LogP contribution in [0.4, 0.5) is 0 Å². The standard InChI is InChI=1S/C64H120O6/c1-4-7-10-13-16-19-22-25-26-27-28-29-30-31-32-33-34-35-36-37-40-42-45-48-51-54-57-63(66)69-60-61(70-64(67)58-55-52-49-46-43-39-24-21-18-15-12-9-6-3)59-68-62(65)56-53-50-47-44-41-38-23-20-17-14-11-8-5-2/h12,15,21,24,61H,4-11,13-14,16-20,22-23,25-60H2,1-3H3/b15-12-,24-21-. The number of rotatable bonds is 58. The second kappa shape index (κ2) is 59.5. The van der Waals surface area contributed by atoms with Gasteiger partial charge < -0.3 is 14.2 Å². The van der Waals surface area contributed by atoms with Crippen molar-refractivity contribution in [3.8, 4) is 0 Å². The van der Waals surface area contributed by atoms with Crippen LogP contribution in [0.25, 0.3) is 0 Å². The number of unbranched alkanes of at least 4 members (excludes halogenated alkanes) is 43. The second-order valence-electron chi connectivity index (χ2n) is 21.3. The fourth-order valence-electron chi connectivity index (χ4n) is 9.48. The van der Waals surface area contributed by atoms with Gasteiger partial charge in [0.05, 0.1) is 0 Å². The van der Waals surface area contributed by atoms with Gasteiger partial charge in [0.1, 0.15) is 13.2 Å². The van der Waals surface area contributed by atoms with E-state index in [1.54, 1.807) is 0 Å². The van der Waals surface area contributed by atoms with E-state index in [9.17, 15) is 14.4 Å². The van der Waals surface area contributed by atoms with Crippen molar-refractivity contribution in [2.24, 2.45) is 0 Å². The summed E-state index contributed by atoms with van der Waals surface area (Å²) in [7, 11) is 0. The van der Waals surface area contributed by atoms with E-state index in [-0.39, 0.29) is 31.1 Å². The molecule has 412 valence electrons. The van der Waals surface area contributed by atoms with Crippen molar-refractivity contribution in [2.45, 2.75) is 354 Å². The van der Waals surface area contributed by atoms with Crippen LogP contribution in [0.2, 0.25) is 0 Å². The highest BCUT2D eigenvalue weighted by molar-refractivity contribution is 5.71. The first-order valence-corrected chi connectivity index (χ1v) is 31.3. The van der Waals surface area contributed by atoms with Gasteiger partial charge in [-0.15, -0.1) is 0 Å². The Morgan fingerprint density at radius 3 is 0.843 bits per heavy atom. The number of carbonyl (C=O) groups is 3. The van der Waals surface area contributed by atoms with Crippen molar-refractivity contribution in [1.29, 1.82) is 0 Å². The lowest BCUT2D eigenvalue weighted by Gasteiger charge is -2.18. The van der Waals surface area contributed by atoms with Gasteiger partial charge in [-0.25, -0.2) is 0 Å². The fourth-order valence-corrected chi connectivity index (χ4v) is 9.48. The number of ether oxygens (including phenoxy) is 3. The predicted molar refractivity (Wildman–Crippen MR) is 303 cm³/mol. The molecule has 0 amide bonds. The molecule has 0 bridgehead atoms. The second-order valence-corrected chi connectivity index (χ2v) is 21.3. The largest absolute Gasteiger partial charge is 0.462 e. The van der Waals surface area contributed by atoms with Gasteiger partial charge in [-0.1, -0.05) is 308 Å². The molecule has 0 rings (SSSR count). The summed E-state index contributed by atoms with van der Waals surface area (Å²) in [5.41, 5.74) is 0. The first-order chi connectivity index (χ1) is 34.5. The van der Waals surface area contributed by atoms with Crippen molar-refractivity contribution >= 4 is 17.9 Å². The molecule has 0 aliphatic heterocycles. The topological polar surface area (TPSA) is 78.9 Å². The normalized spacial score (nSPS) is 12.1. The Labute approximate surface area is 436 Å². The summed E-state index contributed by atoms with van der Waals surface area (Å²) in [5, 5.41) is 0. The van der Waals surface area contributed by atoms with Crippen molar-refractivity contribution < 1.29 is 28.6 Å². The fraction of sp³-hybridized carbons (Fsp3) is 0.891. The molecule has 1 atom stereocenters. The van der Waals surface area contributed by atoms with Gasteiger partial charge in [0.15, 0.2) is 6.10 Å². The van der Waals surface area contributed by atoms with E-state index in [1.165, 1.54) is 218 Å². The predicted octanol–water partition coefficient (Wildman–Crippen LogP) is 21.1. The first-order valence-electron chi connectivity index (χ1n) is 31.3. The highest BCUT2D eigenvalue weighted by Gasteiger charge is 2.19. The monoisotopic (exact) mass is 985 g/mol. The van der Waals surface area contributed by atoms with E-state index in [0.717, 1.165) is 89.9 Å². The molecule has 0 spiro atoms. The minimum atomic E-state index is -0.774. The Bertz CT molecular complexity index is 1130. The summed E-state index contributed by atoms with van der Waals surface area (Å²) < 4.78 is 16.9. The van der Waals surface area contributed by atoms with Crippen LogP contribution in [-0.2, 0) is 28.6 Å². The third-order valence-electron chi connectivity index (χ3n) is 14.2. The van der Waals surface area contributed by atoms with Crippen LogP contribution in [0.3, 0.4) is 0 Å². The van der Waals surface area contributed by atoms with Crippen LogP contribution >= 0.6 is 0 Å². The van der Waals surface area contributed by atoms with Gasteiger partial charge in [0, 0.05) is 19.3 Å². The molecule has 0 saturated carbocycles. The lowest BCUT2D eigenvalue weighted by molar-refractivity contribution is -0.167. The van der Waals surface area contributed by atoms with E-state index < -0.39 is 6.10 Å². The molecule has 0 aliphatic carbocycles. The van der Waals surface area contributed by atoms with Crippen LogP contribution in [0.5, 0.6) is 0 Å². The molecule has 1 unspecified atom stereocenters. The van der Waals surface area contributed by atoms with E-state index in [1.807, 2.05) is 0 Å². The quantitative estimate of drug-likeness (QED) is 0.0261. The smallest absolute Gasteiger partial charge is 0.306 e. The van der Waals surface area contributed by atoms with Crippen molar-refractivity contribution in [2.75, 3.05) is 13.2 Å². The van der Waals surface area contributed by atoms with E-state index >= 15 is 0 Å². The zero-order valence-electron chi connectivity index (χ0n) is 47.3. The minimum Gasteiger partial charge on any atom is -0.462 e. The molecule has 6 heteroatoms. The summed E-state index contributed by atoms with van der Waals surface area (Å²) in [5.74, 6) is -0.863. The van der Waals surface area contributed by atoms with Crippen molar-refractivity contribution in [3.63, 3.8) is 0 Å². The Morgan fingerprint density at radius 1 is 0.286 bits per heavy atom. The number of hydrogen-bond acceptors (Lipinski definition) is 6. The molecule has 0 fully saturated rings. The summed E-state index contributed by atoms with van der Waals surface area (Å²) in [6, 6.07) is 0. The highest BCUT2D eigenvalue weighted by atomic mass is 16.6. The van der Waals surface area contributed by atoms with Crippen molar-refractivity contribution in [1.82, 2.24) is 0 Å².